The van der Waals surface area contributed by atoms with Gasteiger partial charge >= 0.3 is 11.7 Å². The first-order valence-electron chi connectivity index (χ1n) is 8.67. The lowest BCUT2D eigenvalue weighted by molar-refractivity contribution is -0.143. The first-order chi connectivity index (χ1) is 12.1. The molecule has 1 heterocycles. The molecule has 0 atom stereocenters. The molecule has 0 radical (unpaired) electrons. The van der Waals surface area contributed by atoms with Crippen molar-refractivity contribution >= 4 is 5.97 Å². The van der Waals surface area contributed by atoms with Gasteiger partial charge in [-0.3, -0.25) is 19.1 Å². The van der Waals surface area contributed by atoms with Crippen LogP contribution in [0.5, 0.6) is 0 Å². The molecule has 0 unspecified atom stereocenters. The van der Waals surface area contributed by atoms with Crippen molar-refractivity contribution in [3.63, 3.8) is 0 Å². The Morgan fingerprint density at radius 1 is 1.08 bits per heavy atom. The Bertz CT molecular complexity index is 793. The number of nitrogens with zero attached hydrogens (tertiary/aromatic N) is 1. The van der Waals surface area contributed by atoms with Crippen LogP contribution in [0.15, 0.2) is 46.0 Å². The maximum Gasteiger partial charge on any atom is 0.328 e. The summed E-state index contributed by atoms with van der Waals surface area (Å²) < 4.78 is 6.64. The SMILES string of the molecule is CCC(=O)OCCCCCCn1c(-c2ccccc2)cc(=O)[nH]c1=O. The number of rotatable bonds is 9. The van der Waals surface area contributed by atoms with E-state index in [-0.39, 0.29) is 11.7 Å². The third-order valence-electron chi connectivity index (χ3n) is 3.93. The Morgan fingerprint density at radius 2 is 1.80 bits per heavy atom. The van der Waals surface area contributed by atoms with Gasteiger partial charge in [0.1, 0.15) is 0 Å². The number of benzene rings is 1. The van der Waals surface area contributed by atoms with Crippen LogP contribution >= 0.6 is 0 Å². The van der Waals surface area contributed by atoms with Gasteiger partial charge in [0.25, 0.3) is 5.56 Å². The van der Waals surface area contributed by atoms with E-state index in [0.717, 1.165) is 31.2 Å². The fraction of sp³-hybridized carbons (Fsp3) is 0.421. The van der Waals surface area contributed by atoms with Gasteiger partial charge in [0, 0.05) is 19.0 Å². The van der Waals surface area contributed by atoms with Crippen molar-refractivity contribution in [1.82, 2.24) is 9.55 Å². The van der Waals surface area contributed by atoms with Crippen molar-refractivity contribution in [3.8, 4) is 11.3 Å². The minimum Gasteiger partial charge on any atom is -0.466 e. The number of nitrogens with one attached hydrogen (secondary N) is 1. The van der Waals surface area contributed by atoms with Crippen molar-refractivity contribution in [1.29, 1.82) is 0 Å². The van der Waals surface area contributed by atoms with Gasteiger partial charge in [0.05, 0.1) is 12.3 Å². The van der Waals surface area contributed by atoms with E-state index in [9.17, 15) is 14.4 Å². The second-order valence-electron chi connectivity index (χ2n) is 5.83. The Kier molecular flexibility index (Phi) is 7.19. The Hall–Kier alpha value is -2.63. The summed E-state index contributed by atoms with van der Waals surface area (Å²) in [5.74, 6) is -0.174. The van der Waals surface area contributed by atoms with Gasteiger partial charge in [0.15, 0.2) is 0 Å². The second-order valence-corrected chi connectivity index (χ2v) is 5.83. The largest absolute Gasteiger partial charge is 0.466 e. The lowest BCUT2D eigenvalue weighted by Gasteiger charge is -2.12. The van der Waals surface area contributed by atoms with Crippen LogP contribution < -0.4 is 11.2 Å². The summed E-state index contributed by atoms with van der Waals surface area (Å²) in [6.45, 7) is 2.75. The molecule has 2 aromatic rings. The van der Waals surface area contributed by atoms with Crippen LogP contribution in [-0.2, 0) is 16.1 Å². The van der Waals surface area contributed by atoms with Crippen LogP contribution in [0.2, 0.25) is 0 Å². The van der Waals surface area contributed by atoms with Gasteiger partial charge in [-0.15, -0.1) is 0 Å². The molecule has 0 bridgehead atoms. The van der Waals surface area contributed by atoms with Gasteiger partial charge in [0.2, 0.25) is 0 Å². The molecule has 1 aromatic carbocycles. The monoisotopic (exact) mass is 344 g/mol. The Morgan fingerprint density at radius 3 is 2.52 bits per heavy atom. The lowest BCUT2D eigenvalue weighted by Crippen LogP contribution is -2.30. The van der Waals surface area contributed by atoms with E-state index in [0.29, 0.717) is 25.3 Å². The molecule has 2 rings (SSSR count). The summed E-state index contributed by atoms with van der Waals surface area (Å²) in [5.41, 5.74) is 0.699. The summed E-state index contributed by atoms with van der Waals surface area (Å²) in [6.07, 6.45) is 3.88. The van der Waals surface area contributed by atoms with E-state index in [1.807, 2.05) is 30.3 Å². The van der Waals surface area contributed by atoms with E-state index in [2.05, 4.69) is 4.98 Å². The summed E-state index contributed by atoms with van der Waals surface area (Å²) in [4.78, 5) is 37.2. The van der Waals surface area contributed by atoms with E-state index >= 15 is 0 Å². The van der Waals surface area contributed by atoms with Gasteiger partial charge < -0.3 is 4.74 Å². The highest BCUT2D eigenvalue weighted by molar-refractivity contribution is 5.68. The molecule has 0 aliphatic heterocycles. The third-order valence-corrected chi connectivity index (χ3v) is 3.93. The standard InChI is InChI=1S/C19H24N2O4/c1-2-18(23)25-13-9-4-3-8-12-21-16(14-17(22)20-19(21)24)15-10-6-5-7-11-15/h5-7,10-11,14H,2-4,8-9,12-13H2,1H3,(H,20,22,24). The molecule has 0 saturated heterocycles. The van der Waals surface area contributed by atoms with E-state index in [1.165, 1.54) is 6.07 Å². The van der Waals surface area contributed by atoms with Crippen LogP contribution in [0.25, 0.3) is 11.3 Å². The van der Waals surface area contributed by atoms with Crippen molar-refractivity contribution in [2.24, 2.45) is 0 Å². The van der Waals surface area contributed by atoms with Crippen LogP contribution in [0.4, 0.5) is 0 Å². The maximum absolute atomic E-state index is 12.2. The smallest absolute Gasteiger partial charge is 0.328 e. The molecular weight excluding hydrogens is 320 g/mol. The van der Waals surface area contributed by atoms with Crippen LogP contribution in [0.1, 0.15) is 39.0 Å². The molecule has 0 aliphatic rings. The van der Waals surface area contributed by atoms with Crippen LogP contribution in [0, 0.1) is 0 Å². The first kappa shape index (κ1) is 18.7. The molecule has 1 aromatic heterocycles. The average Bonchev–Trinajstić information content (AvgIpc) is 2.62. The molecule has 134 valence electrons. The van der Waals surface area contributed by atoms with Crippen molar-refractivity contribution in [3.05, 3.63) is 57.2 Å². The molecule has 0 amide bonds. The topological polar surface area (TPSA) is 81.2 Å². The number of aromatic nitrogens is 2. The minimum atomic E-state index is -0.391. The van der Waals surface area contributed by atoms with Crippen molar-refractivity contribution < 1.29 is 9.53 Å². The second kappa shape index (κ2) is 9.61. The third kappa shape index (κ3) is 5.74. The Labute approximate surface area is 146 Å². The average molecular weight is 344 g/mol. The number of hydrogen-bond donors (Lipinski definition) is 1. The molecular formula is C19H24N2O4. The molecule has 0 spiro atoms. The molecule has 25 heavy (non-hydrogen) atoms. The number of esters is 1. The normalized spacial score (nSPS) is 10.6. The molecule has 0 aliphatic carbocycles. The molecule has 1 N–H and O–H groups in total. The van der Waals surface area contributed by atoms with E-state index < -0.39 is 5.56 Å². The van der Waals surface area contributed by atoms with Gasteiger partial charge in [-0.1, -0.05) is 43.7 Å². The summed E-state index contributed by atoms with van der Waals surface area (Å²) >= 11 is 0. The zero-order valence-corrected chi connectivity index (χ0v) is 14.5. The lowest BCUT2D eigenvalue weighted by atomic mass is 10.1. The molecule has 6 nitrogen and oxygen atoms in total. The molecule has 0 fully saturated rings. The first-order valence-corrected chi connectivity index (χ1v) is 8.67. The Balaban J connectivity index is 1.93. The number of carbonyl (C=O) groups excluding carboxylic acids is 1. The van der Waals surface area contributed by atoms with Gasteiger partial charge in [-0.25, -0.2) is 4.79 Å². The number of ether oxygens (including phenoxy) is 1. The number of H-pyrrole nitrogens is 1. The summed E-state index contributed by atoms with van der Waals surface area (Å²) in [5, 5.41) is 0. The highest BCUT2D eigenvalue weighted by Crippen LogP contribution is 2.16. The zero-order chi connectivity index (χ0) is 18.1. The van der Waals surface area contributed by atoms with Crippen molar-refractivity contribution in [2.45, 2.75) is 45.6 Å². The minimum absolute atomic E-state index is 0.174. The van der Waals surface area contributed by atoms with E-state index in [1.54, 1.807) is 11.5 Å². The highest BCUT2D eigenvalue weighted by atomic mass is 16.5. The number of aromatic amines is 1. The molecule has 6 heteroatoms. The number of hydrogen-bond acceptors (Lipinski definition) is 4. The maximum atomic E-state index is 12.2. The van der Waals surface area contributed by atoms with Gasteiger partial charge in [-0.2, -0.15) is 0 Å². The predicted octanol–water partition coefficient (Wildman–Crippen LogP) is 2.72. The highest BCUT2D eigenvalue weighted by Gasteiger charge is 2.08. The van der Waals surface area contributed by atoms with E-state index in [4.69, 9.17) is 4.74 Å². The predicted molar refractivity (Wildman–Crippen MR) is 96.5 cm³/mol. The summed E-state index contributed by atoms with van der Waals surface area (Å²) in [6, 6.07) is 10.9. The fourth-order valence-corrected chi connectivity index (χ4v) is 2.60. The van der Waals surface area contributed by atoms with Crippen molar-refractivity contribution in [2.75, 3.05) is 6.61 Å². The zero-order valence-electron chi connectivity index (χ0n) is 14.5. The van der Waals surface area contributed by atoms with Crippen LogP contribution in [0.3, 0.4) is 0 Å². The van der Waals surface area contributed by atoms with Gasteiger partial charge in [-0.05, 0) is 24.8 Å². The quantitative estimate of drug-likeness (QED) is 0.560. The molecule has 0 saturated carbocycles. The fourth-order valence-electron chi connectivity index (χ4n) is 2.60. The summed E-state index contributed by atoms with van der Waals surface area (Å²) in [7, 11) is 0. The number of unbranched alkanes of at least 4 members (excludes halogenated alkanes) is 3. The number of carbonyl (C=O) groups is 1. The van der Waals surface area contributed by atoms with Crippen LogP contribution in [-0.4, -0.2) is 22.1 Å².